The molecule has 41 nitrogen and oxygen atoms in total. The van der Waals surface area contributed by atoms with Crippen LogP contribution in [0.25, 0.3) is 0 Å². The molecule has 9 aromatic carbocycles. The van der Waals surface area contributed by atoms with E-state index in [0.717, 1.165) is 200 Å². The predicted octanol–water partition coefficient (Wildman–Crippen LogP) is 22.6. The monoisotopic (exact) mass is 2100 g/mol. The van der Waals surface area contributed by atoms with Gasteiger partial charge < -0.3 is 42.0 Å². The smallest absolute Gasteiger partial charge is 0.413 e. The number of benzene rings is 9. The molecule has 0 atom stereocenters. The van der Waals surface area contributed by atoms with Crippen molar-refractivity contribution in [1.82, 2.24) is 26.6 Å². The molecule has 0 unspecified atom stereocenters. The van der Waals surface area contributed by atoms with Gasteiger partial charge >= 0.3 is 18.2 Å². The fourth-order valence-corrected chi connectivity index (χ4v) is 20.6. The number of amides is 3. The van der Waals surface area contributed by atoms with Gasteiger partial charge in [0.05, 0.1) is 98.0 Å². The van der Waals surface area contributed by atoms with Gasteiger partial charge in [-0.25, -0.2) is 9.59 Å². The number of carboxylic acid groups (broad SMARTS) is 1. The molecule has 0 aliphatic heterocycles. The standard InChI is InChI=1S/C19H19N3O3S.C18H25N3O4S.C13H16N2O4.C12H15N3O2S.C12H12N2O2.C12H13NO4.C11H14N2O2.C8H6N2O2/c23-17(14-7-2-1-3-8-14)20-18(26)21-19(11-4-5-12-19)15-9-6-10-16(13-15)22(24)25;1-17(2,3)25-16(22)19-15(26-4)20-18(10-5-6-11-18)13-8-7-9-14(12-13)21(23)24;1-19-12(16)14-13(7-2-3-8-13)10-5-4-6-11(9-10)15(17)18;13-11(18)14-12(6-1-2-7-12)9-4-3-5-10(8-9)15(16)17;13-9-12(6-1-2-7-12)10-4-3-5-11(8-10)14(15)16;14-11(15)12(6-1-2-7-12)9-4-3-5-10(8-9)13(16)17;12-11(6-1-2-7-11)9-4-3-5-10(8-9)13(14)15;9-5-4-7-2-1-3-8(6-7)10(11)12/h1-3,6-10,13H,4-5,11-12H2,(H2,20,21,23,26);7-9,12H,5-6,10-11H2,1-4H3,(H,19,20,22);4-6,9H,2-3,7-8H2,1H3,(H,14,16);3-5,8H,1-2,6-7H2,(H3,13,14,18);3-5,8H,1-2,6-7H2;3-5,8H,1-2,6-7H2,(H,14,15);3-5,8H,1-2,6-7,12H2;1-3,6H,4H2. The lowest BCUT2D eigenvalue weighted by atomic mass is 9.79. The molecule has 0 aromatic heterocycles. The molecule has 7 fully saturated rings. The predicted molar refractivity (Wildman–Crippen MR) is 568 cm³/mol. The highest BCUT2D eigenvalue weighted by atomic mass is 32.2. The van der Waals surface area contributed by atoms with Gasteiger partial charge in [-0.15, -0.1) is 0 Å². The SMILES string of the molecule is COC(=O)NC1(c2cccc([N+](=O)[O-])c2)CCCC1.CSC(=NC1(c2cccc([N+](=O)[O-])c2)CCCC1)NC(=O)OC(C)(C)C.N#CC1(c2cccc([N+](=O)[O-])c2)CCCC1.N#CCc1cccc([N+](=O)[O-])c1.NC(=S)NC1(c2cccc([N+](=O)[O-])c2)CCCC1.NC1(c2cccc([N+](=O)[O-])c2)CCCC1.O=C(NC(=S)NC1(c2cccc([N+](=O)[O-])c2)CCCC1)c1ccccc1.O=C(O)C1(c2cccc([N+](=O)[O-])c2)CCCC1. The minimum atomic E-state index is -0.925. The van der Waals surface area contributed by atoms with Gasteiger partial charge in [0.2, 0.25) is 0 Å². The number of carbonyl (C=O) groups excluding carboxylic acids is 3. The summed E-state index contributed by atoms with van der Waals surface area (Å²) in [4.78, 5) is 135. The van der Waals surface area contributed by atoms with Crippen molar-refractivity contribution in [2.75, 3.05) is 13.4 Å². The number of ether oxygens (including phenoxy) is 2. The minimum Gasteiger partial charge on any atom is -0.481 e. The zero-order chi connectivity index (χ0) is 109. The molecule has 16 rings (SSSR count). The van der Waals surface area contributed by atoms with Crippen LogP contribution in [0.1, 0.15) is 255 Å². The summed E-state index contributed by atoms with van der Waals surface area (Å²) >= 11 is 11.6. The number of nitriles is 2. The third-order valence-electron chi connectivity index (χ3n) is 27.1. The Hall–Kier alpha value is -15.8. The van der Waals surface area contributed by atoms with Crippen LogP contribution in [0.2, 0.25) is 0 Å². The molecule has 44 heteroatoms. The average molecular weight is 2100 g/mol. The molecule has 3 amide bonds. The number of hydrogen-bond acceptors (Lipinski definition) is 29. The van der Waals surface area contributed by atoms with Crippen molar-refractivity contribution in [3.8, 4) is 12.1 Å². The van der Waals surface area contributed by atoms with Crippen molar-refractivity contribution in [2.24, 2.45) is 16.5 Å². The van der Waals surface area contributed by atoms with Crippen molar-refractivity contribution in [2.45, 2.75) is 251 Å². The number of amidine groups is 1. The summed E-state index contributed by atoms with van der Waals surface area (Å²) in [7, 11) is 1.31. The maximum atomic E-state index is 12.3. The number of thiocarbonyl (C=S) groups is 2. The van der Waals surface area contributed by atoms with Crippen LogP contribution in [0, 0.1) is 104 Å². The Bertz CT molecular complexity index is 6430. The maximum absolute atomic E-state index is 12.3. The molecule has 7 aliphatic carbocycles. The first-order valence-corrected chi connectivity index (χ1v) is 50.4. The third-order valence-corrected chi connectivity index (χ3v) is 28.0. The minimum absolute atomic E-state index is 0.0303. The number of alkyl carbamates (subject to hydrolysis) is 2. The Balaban J connectivity index is 0.000000191. The number of aliphatic carboxylic acids is 1. The van der Waals surface area contributed by atoms with Crippen LogP contribution >= 0.6 is 36.2 Å². The van der Waals surface area contributed by atoms with Crippen molar-refractivity contribution < 1.29 is 73.1 Å². The van der Waals surface area contributed by atoms with Crippen molar-refractivity contribution in [3.63, 3.8) is 0 Å². The van der Waals surface area contributed by atoms with E-state index >= 15 is 0 Å². The second-order valence-electron chi connectivity index (χ2n) is 38.0. The van der Waals surface area contributed by atoms with E-state index in [1.165, 1.54) is 91.7 Å². The molecule has 786 valence electrons. The summed E-state index contributed by atoms with van der Waals surface area (Å²) < 4.78 is 9.94. The first-order valence-electron chi connectivity index (χ1n) is 48.4. The van der Waals surface area contributed by atoms with Crippen LogP contribution in [0.3, 0.4) is 0 Å². The number of carbonyl (C=O) groups is 4. The number of methoxy groups -OCH3 is 1. The quantitative estimate of drug-likeness (QED) is 0.0103. The van der Waals surface area contributed by atoms with Gasteiger partial charge in [0, 0.05) is 108 Å². The molecule has 0 bridgehead atoms. The van der Waals surface area contributed by atoms with E-state index in [1.54, 1.807) is 130 Å². The summed E-state index contributed by atoms with van der Waals surface area (Å²) in [6.07, 6.45) is 26.1. The Morgan fingerprint density at radius 1 is 0.416 bits per heavy atom. The van der Waals surface area contributed by atoms with Gasteiger partial charge in [0.25, 0.3) is 51.4 Å². The van der Waals surface area contributed by atoms with E-state index in [-0.39, 0.29) is 89.0 Å². The molecule has 0 radical (unpaired) electrons. The largest absolute Gasteiger partial charge is 0.481 e. The molecule has 0 heterocycles. The average Bonchev–Trinajstić information content (AvgIpc) is 1.78. The number of non-ortho nitro benzene ring substituents is 8. The van der Waals surface area contributed by atoms with Crippen molar-refractivity contribution >= 4 is 121 Å². The molecule has 149 heavy (non-hydrogen) atoms. The van der Waals surface area contributed by atoms with Crippen LogP contribution in [0.4, 0.5) is 55.1 Å². The molecular formula is C105H120N18O23S3. The number of nitro benzene ring substituents is 8. The molecule has 0 saturated heterocycles. The molecule has 7 saturated carbocycles. The van der Waals surface area contributed by atoms with Crippen LogP contribution < -0.4 is 38.1 Å². The van der Waals surface area contributed by atoms with Gasteiger partial charge in [0.1, 0.15) is 5.60 Å². The Morgan fingerprint density at radius 3 is 1.13 bits per heavy atom. The zero-order valence-corrected chi connectivity index (χ0v) is 85.5. The topological polar surface area (TPSA) is 624 Å². The summed E-state index contributed by atoms with van der Waals surface area (Å²) in [5.41, 5.74) is 14.7. The van der Waals surface area contributed by atoms with Gasteiger partial charge in [-0.1, -0.05) is 217 Å². The van der Waals surface area contributed by atoms with E-state index in [2.05, 4.69) is 37.4 Å². The molecule has 10 N–H and O–H groups in total. The van der Waals surface area contributed by atoms with E-state index in [9.17, 15) is 110 Å². The highest BCUT2D eigenvalue weighted by Crippen LogP contribution is 2.48. The normalized spacial score (nSPS) is 16.5. The fraction of sp³-hybridized carbons (Fsp3) is 0.400. The number of rotatable bonds is 22. The Labute approximate surface area is 874 Å². The fourth-order valence-electron chi connectivity index (χ4n) is 19.7. The second kappa shape index (κ2) is 54.0. The van der Waals surface area contributed by atoms with E-state index in [0.29, 0.717) is 34.7 Å². The summed E-state index contributed by atoms with van der Waals surface area (Å²) in [5.74, 6) is -1.16. The summed E-state index contributed by atoms with van der Waals surface area (Å²) in [6.45, 7) is 5.39. The molecule has 0 spiro atoms. The number of nitrogens with two attached hydrogens (primary N) is 2. The van der Waals surface area contributed by atoms with Crippen LogP contribution in [-0.4, -0.2) is 103 Å². The highest BCUT2D eigenvalue weighted by Gasteiger charge is 2.46. The van der Waals surface area contributed by atoms with Crippen LogP contribution in [-0.2, 0) is 59.2 Å². The van der Waals surface area contributed by atoms with Crippen molar-refractivity contribution in [1.29, 1.82) is 10.5 Å². The highest BCUT2D eigenvalue weighted by molar-refractivity contribution is 8.13. The van der Waals surface area contributed by atoms with Crippen molar-refractivity contribution in [3.05, 3.63) is 355 Å². The molecule has 9 aromatic rings. The molecule has 7 aliphatic rings. The van der Waals surface area contributed by atoms with Crippen LogP contribution in [0.5, 0.6) is 0 Å². The third kappa shape index (κ3) is 32.6. The first kappa shape index (κ1) is 117. The van der Waals surface area contributed by atoms with E-state index in [4.69, 9.17) is 50.9 Å². The van der Waals surface area contributed by atoms with Gasteiger partial charge in [-0.05, 0) is 198 Å². The zero-order valence-electron chi connectivity index (χ0n) is 83.1. The molecular weight excluding hydrogens is 1980 g/mol. The van der Waals surface area contributed by atoms with E-state index in [1.807, 2.05) is 54.8 Å². The second-order valence-corrected chi connectivity index (χ2v) is 39.7. The number of nitrogens with zero attached hydrogens (tertiary/aromatic N) is 11. The van der Waals surface area contributed by atoms with E-state index < -0.39 is 80.7 Å². The lowest BCUT2D eigenvalue weighted by Gasteiger charge is -2.32. The van der Waals surface area contributed by atoms with Gasteiger partial charge in [-0.2, -0.15) is 10.5 Å². The number of nitrogens with one attached hydrogen (secondary N) is 5. The first-order chi connectivity index (χ1) is 70.8. The number of hydrogen-bond donors (Lipinski definition) is 8. The Morgan fingerprint density at radius 2 is 0.745 bits per heavy atom. The summed E-state index contributed by atoms with van der Waals surface area (Å²) in [5, 5.41) is 129. The van der Waals surface area contributed by atoms with Gasteiger partial charge in [-0.3, -0.25) is 106 Å². The lowest BCUT2D eigenvalue weighted by Crippen LogP contribution is -2.49. The van der Waals surface area contributed by atoms with Gasteiger partial charge in [0.15, 0.2) is 15.4 Å². The number of carboxylic acids is 1. The van der Waals surface area contributed by atoms with Crippen LogP contribution in [0.15, 0.2) is 229 Å². The maximum Gasteiger partial charge on any atom is 0.413 e. The Kier molecular flexibility index (Phi) is 42.4. The lowest BCUT2D eigenvalue weighted by molar-refractivity contribution is -0.385. The number of thioether (sulfide) groups is 1. The number of aliphatic imine (C=N–C) groups is 1. The number of nitro groups is 8. The summed E-state index contributed by atoms with van der Waals surface area (Å²) in [6, 6.07) is 64.7.